The van der Waals surface area contributed by atoms with E-state index in [0.717, 1.165) is 31.5 Å². The highest BCUT2D eigenvalue weighted by atomic mass is 16.5. The summed E-state index contributed by atoms with van der Waals surface area (Å²) < 4.78 is 11.2. The second-order valence-corrected chi connectivity index (χ2v) is 6.79. The van der Waals surface area contributed by atoms with Crippen molar-refractivity contribution in [3.05, 3.63) is 41.9 Å². The normalized spacial score (nSPS) is 13.7. The lowest BCUT2D eigenvalue weighted by Crippen LogP contribution is -2.28. The molecule has 1 fully saturated rings. The number of methoxy groups -OCH3 is 1. The van der Waals surface area contributed by atoms with Crippen LogP contribution in [-0.4, -0.2) is 47.1 Å². The van der Waals surface area contributed by atoms with E-state index in [0.29, 0.717) is 29.6 Å². The number of aromatic nitrogens is 2. The standard InChI is InChI=1S/C20H26N4O3/c1-14(2)27-17-7-6-15(10-18(17)26-3)11-22-19-13-21-12-16(23-19)20(25)24-8-4-5-9-24/h6-7,10,12-14H,4-5,8-9,11H2,1-3H3,(H,22,23). The lowest BCUT2D eigenvalue weighted by atomic mass is 10.2. The van der Waals surface area contributed by atoms with E-state index < -0.39 is 0 Å². The highest BCUT2D eigenvalue weighted by molar-refractivity contribution is 5.92. The smallest absolute Gasteiger partial charge is 0.274 e. The number of carbonyl (C=O) groups is 1. The van der Waals surface area contributed by atoms with E-state index in [2.05, 4.69) is 15.3 Å². The van der Waals surface area contributed by atoms with Gasteiger partial charge in [0.25, 0.3) is 5.91 Å². The van der Waals surface area contributed by atoms with E-state index in [1.54, 1.807) is 13.3 Å². The van der Waals surface area contributed by atoms with Crippen molar-refractivity contribution < 1.29 is 14.3 Å². The SMILES string of the molecule is COc1cc(CNc2cncc(C(=O)N3CCCC3)n2)ccc1OC(C)C. The lowest BCUT2D eigenvalue weighted by molar-refractivity contribution is 0.0786. The molecule has 1 N–H and O–H groups in total. The number of carbonyl (C=O) groups excluding carboxylic acids is 1. The predicted molar refractivity (Wildman–Crippen MR) is 103 cm³/mol. The van der Waals surface area contributed by atoms with Gasteiger partial charge in [0.1, 0.15) is 11.5 Å². The Morgan fingerprint density at radius 2 is 2.00 bits per heavy atom. The van der Waals surface area contributed by atoms with Gasteiger partial charge in [-0.1, -0.05) is 6.07 Å². The number of benzene rings is 1. The minimum Gasteiger partial charge on any atom is -0.493 e. The second kappa shape index (κ2) is 8.70. The first kappa shape index (κ1) is 18.9. The quantitative estimate of drug-likeness (QED) is 0.807. The molecule has 1 aliphatic heterocycles. The van der Waals surface area contributed by atoms with Crippen molar-refractivity contribution in [2.24, 2.45) is 0 Å². The van der Waals surface area contributed by atoms with Gasteiger partial charge >= 0.3 is 0 Å². The van der Waals surface area contributed by atoms with Crippen LogP contribution >= 0.6 is 0 Å². The van der Waals surface area contributed by atoms with Gasteiger partial charge in [-0.3, -0.25) is 9.78 Å². The first-order chi connectivity index (χ1) is 13.1. The van der Waals surface area contributed by atoms with Crippen molar-refractivity contribution in [2.45, 2.75) is 39.3 Å². The maximum atomic E-state index is 12.4. The monoisotopic (exact) mass is 370 g/mol. The van der Waals surface area contributed by atoms with Gasteiger partial charge in [-0.2, -0.15) is 0 Å². The molecule has 1 aliphatic rings. The Balaban J connectivity index is 1.66. The average molecular weight is 370 g/mol. The number of amides is 1. The minimum absolute atomic E-state index is 0.0551. The molecular formula is C20H26N4O3. The van der Waals surface area contributed by atoms with Crippen molar-refractivity contribution in [3.63, 3.8) is 0 Å². The highest BCUT2D eigenvalue weighted by Gasteiger charge is 2.21. The van der Waals surface area contributed by atoms with Gasteiger partial charge in [-0.25, -0.2) is 4.98 Å². The molecule has 7 nitrogen and oxygen atoms in total. The average Bonchev–Trinajstić information content (AvgIpc) is 3.21. The fourth-order valence-corrected chi connectivity index (χ4v) is 3.00. The molecule has 0 radical (unpaired) electrons. The van der Waals surface area contributed by atoms with Crippen LogP contribution in [0.15, 0.2) is 30.6 Å². The molecule has 144 valence electrons. The van der Waals surface area contributed by atoms with Crippen LogP contribution in [0.5, 0.6) is 11.5 Å². The predicted octanol–water partition coefficient (Wildman–Crippen LogP) is 3.12. The highest BCUT2D eigenvalue weighted by Crippen LogP contribution is 2.29. The van der Waals surface area contributed by atoms with Crippen LogP contribution in [0, 0.1) is 0 Å². The van der Waals surface area contributed by atoms with Crippen LogP contribution in [-0.2, 0) is 6.54 Å². The fourth-order valence-electron chi connectivity index (χ4n) is 3.00. The van der Waals surface area contributed by atoms with E-state index in [9.17, 15) is 4.79 Å². The van der Waals surface area contributed by atoms with Crippen molar-refractivity contribution >= 4 is 11.7 Å². The molecule has 0 atom stereocenters. The summed E-state index contributed by atoms with van der Waals surface area (Å²) in [5.41, 5.74) is 1.39. The molecule has 0 unspecified atom stereocenters. The molecule has 1 aromatic heterocycles. The molecule has 2 aromatic rings. The number of nitrogens with one attached hydrogen (secondary N) is 1. The Kier molecular flexibility index (Phi) is 6.11. The summed E-state index contributed by atoms with van der Waals surface area (Å²) >= 11 is 0. The zero-order chi connectivity index (χ0) is 19.2. The number of likely N-dealkylation sites (tertiary alicyclic amines) is 1. The Bertz CT molecular complexity index is 789. The van der Waals surface area contributed by atoms with Gasteiger partial charge in [0, 0.05) is 19.6 Å². The zero-order valence-corrected chi connectivity index (χ0v) is 16.1. The molecule has 7 heteroatoms. The van der Waals surface area contributed by atoms with Gasteiger partial charge in [0.15, 0.2) is 11.5 Å². The molecule has 2 heterocycles. The molecule has 0 bridgehead atoms. The van der Waals surface area contributed by atoms with Crippen LogP contribution in [0.25, 0.3) is 0 Å². The summed E-state index contributed by atoms with van der Waals surface area (Å²) in [5, 5.41) is 3.22. The van der Waals surface area contributed by atoms with E-state index in [-0.39, 0.29) is 12.0 Å². The van der Waals surface area contributed by atoms with E-state index in [1.807, 2.05) is 36.9 Å². The van der Waals surface area contributed by atoms with Gasteiger partial charge in [0.05, 0.1) is 25.6 Å². The van der Waals surface area contributed by atoms with Crippen LogP contribution < -0.4 is 14.8 Å². The fraction of sp³-hybridized carbons (Fsp3) is 0.450. The van der Waals surface area contributed by atoms with Gasteiger partial charge in [-0.15, -0.1) is 0 Å². The third-order valence-electron chi connectivity index (χ3n) is 4.31. The number of nitrogens with zero attached hydrogens (tertiary/aromatic N) is 3. The second-order valence-electron chi connectivity index (χ2n) is 6.79. The molecule has 0 aliphatic carbocycles. The molecule has 1 aromatic carbocycles. The number of hydrogen-bond donors (Lipinski definition) is 1. The summed E-state index contributed by atoms with van der Waals surface area (Å²) in [6.07, 6.45) is 5.32. The Labute approximate surface area is 159 Å². The third-order valence-corrected chi connectivity index (χ3v) is 4.31. The van der Waals surface area contributed by atoms with Crippen LogP contribution in [0.3, 0.4) is 0 Å². The minimum atomic E-state index is -0.0551. The van der Waals surface area contributed by atoms with Gasteiger partial charge in [0.2, 0.25) is 0 Å². The van der Waals surface area contributed by atoms with E-state index >= 15 is 0 Å². The topological polar surface area (TPSA) is 76.6 Å². The van der Waals surface area contributed by atoms with Crippen LogP contribution in [0.1, 0.15) is 42.7 Å². The van der Waals surface area contributed by atoms with Crippen molar-refractivity contribution in [2.75, 3.05) is 25.5 Å². The van der Waals surface area contributed by atoms with E-state index in [4.69, 9.17) is 9.47 Å². The molecule has 3 rings (SSSR count). The number of rotatable bonds is 7. The molecule has 27 heavy (non-hydrogen) atoms. The molecule has 1 saturated heterocycles. The summed E-state index contributed by atoms with van der Waals surface area (Å²) in [7, 11) is 1.62. The number of ether oxygens (including phenoxy) is 2. The largest absolute Gasteiger partial charge is 0.493 e. The summed E-state index contributed by atoms with van der Waals surface area (Å²) in [5.74, 6) is 1.92. The maximum absolute atomic E-state index is 12.4. The maximum Gasteiger partial charge on any atom is 0.274 e. The molecular weight excluding hydrogens is 344 g/mol. The molecule has 0 saturated carbocycles. The van der Waals surface area contributed by atoms with Crippen molar-refractivity contribution in [3.8, 4) is 11.5 Å². The molecule has 0 spiro atoms. The van der Waals surface area contributed by atoms with E-state index in [1.165, 1.54) is 6.20 Å². The zero-order valence-electron chi connectivity index (χ0n) is 16.1. The summed E-state index contributed by atoms with van der Waals surface area (Å²) in [6, 6.07) is 5.80. The van der Waals surface area contributed by atoms with Crippen LogP contribution in [0.2, 0.25) is 0 Å². The Hall–Kier alpha value is -2.83. The van der Waals surface area contributed by atoms with Crippen molar-refractivity contribution in [1.29, 1.82) is 0 Å². The van der Waals surface area contributed by atoms with Crippen molar-refractivity contribution in [1.82, 2.24) is 14.9 Å². The lowest BCUT2D eigenvalue weighted by Gasteiger charge is -2.16. The van der Waals surface area contributed by atoms with Gasteiger partial charge < -0.3 is 19.7 Å². The number of anilines is 1. The first-order valence-corrected chi connectivity index (χ1v) is 9.25. The summed E-state index contributed by atoms with van der Waals surface area (Å²) in [4.78, 5) is 22.8. The molecule has 1 amide bonds. The Morgan fingerprint density at radius 3 is 2.70 bits per heavy atom. The van der Waals surface area contributed by atoms with Crippen LogP contribution in [0.4, 0.5) is 5.82 Å². The third kappa shape index (κ3) is 4.87. The Morgan fingerprint density at radius 1 is 1.22 bits per heavy atom. The first-order valence-electron chi connectivity index (χ1n) is 9.25. The number of hydrogen-bond acceptors (Lipinski definition) is 6. The summed E-state index contributed by atoms with van der Waals surface area (Å²) in [6.45, 7) is 6.08. The van der Waals surface area contributed by atoms with Gasteiger partial charge in [-0.05, 0) is 44.4 Å².